The van der Waals surface area contributed by atoms with Crippen molar-refractivity contribution in [1.82, 2.24) is 0 Å². The van der Waals surface area contributed by atoms with Gasteiger partial charge in [0.25, 0.3) is 0 Å². The summed E-state index contributed by atoms with van der Waals surface area (Å²) in [6.07, 6.45) is -1.83. The van der Waals surface area contributed by atoms with Gasteiger partial charge < -0.3 is 23.7 Å². The van der Waals surface area contributed by atoms with Crippen LogP contribution in [0.5, 0.6) is 0 Å². The third-order valence-corrected chi connectivity index (χ3v) is 0. The van der Waals surface area contributed by atoms with Crippen molar-refractivity contribution in [2.24, 2.45) is 0 Å². The fourth-order valence-corrected chi connectivity index (χ4v) is 0. The number of carbonyl (C=O) groups is 1. The molecule has 32 valence electrons. The quantitative estimate of drug-likeness (QED) is 0.435. The number of hydrogen-bond acceptors (Lipinski definition) is 1. The summed E-state index contributed by atoms with van der Waals surface area (Å²) >= 11 is 0. The molecule has 0 fully saturated rings. The van der Waals surface area contributed by atoms with Gasteiger partial charge in [-0.25, -0.2) is 4.79 Å². The van der Waals surface area contributed by atoms with E-state index in [-0.39, 0.29) is 36.5 Å². The van der Waals surface area contributed by atoms with Gasteiger partial charge in [0, 0.05) is 0 Å². The minimum Gasteiger partial charge on any atom is -2.00 e. The summed E-state index contributed by atoms with van der Waals surface area (Å²) in [6, 6.07) is 0. The molecule has 0 atom stereocenters. The molecule has 0 aromatic heterocycles. The second-order valence-electron chi connectivity index (χ2n) is 0.283. The van der Waals surface area contributed by atoms with E-state index in [0.717, 1.165) is 0 Å². The minimum absolute atomic E-state index is 0. The first-order valence-corrected chi connectivity index (χ1v) is 0.651. The van der Waals surface area contributed by atoms with Crippen LogP contribution >= 0.6 is 0 Å². The van der Waals surface area contributed by atoms with Crippen molar-refractivity contribution < 1.29 is 15.0 Å². The first-order chi connectivity index (χ1) is 1.73. The molecule has 0 bridgehead atoms. The van der Waals surface area contributed by atoms with Crippen LogP contribution in [0.4, 0.5) is 4.79 Å². The first kappa shape index (κ1) is 16.2. The standard InChI is InChI=1S/CH2O3.Mg.S/c2-1(3)4;;/h(H2,2,3,4);;/q;+2;-2. The van der Waals surface area contributed by atoms with Gasteiger partial charge >= 0.3 is 29.2 Å². The molecule has 0 heterocycles. The van der Waals surface area contributed by atoms with Crippen molar-refractivity contribution in [2.45, 2.75) is 0 Å². The van der Waals surface area contributed by atoms with E-state index < -0.39 is 6.16 Å². The molecular weight excluding hydrogens is 116 g/mol. The molecule has 0 aliphatic carbocycles. The molecule has 0 aliphatic heterocycles. The van der Waals surface area contributed by atoms with Gasteiger partial charge in [0.15, 0.2) is 0 Å². The number of carboxylic acid groups (broad SMARTS) is 2. The van der Waals surface area contributed by atoms with Crippen LogP contribution in [-0.2, 0) is 13.5 Å². The molecule has 2 N–H and O–H groups in total. The zero-order chi connectivity index (χ0) is 3.58. The molecule has 0 amide bonds. The summed E-state index contributed by atoms with van der Waals surface area (Å²) in [4.78, 5) is 8.56. The van der Waals surface area contributed by atoms with Crippen LogP contribution in [0.1, 0.15) is 0 Å². The van der Waals surface area contributed by atoms with Crippen LogP contribution in [-0.4, -0.2) is 39.4 Å². The average Bonchev–Trinajstić information content (AvgIpc) is 0.811. The van der Waals surface area contributed by atoms with Crippen molar-refractivity contribution >= 4 is 42.7 Å². The van der Waals surface area contributed by atoms with Crippen LogP contribution in [0.3, 0.4) is 0 Å². The summed E-state index contributed by atoms with van der Waals surface area (Å²) in [5.41, 5.74) is 0. The Bertz CT molecular complexity index is 33.8. The largest absolute Gasteiger partial charge is 2.00 e. The van der Waals surface area contributed by atoms with E-state index in [1.54, 1.807) is 0 Å². The van der Waals surface area contributed by atoms with Crippen LogP contribution in [0, 0.1) is 0 Å². The van der Waals surface area contributed by atoms with Gasteiger partial charge in [-0.2, -0.15) is 0 Å². The van der Waals surface area contributed by atoms with Crippen molar-refractivity contribution in [1.29, 1.82) is 0 Å². The van der Waals surface area contributed by atoms with Crippen molar-refractivity contribution in [3.05, 3.63) is 0 Å². The SMILES string of the molecule is O=C(O)O.[Mg+2].[S-2]. The van der Waals surface area contributed by atoms with Gasteiger partial charge in [-0.1, -0.05) is 0 Å². The minimum atomic E-state index is -1.83. The Balaban J connectivity index is -0.0000000450. The van der Waals surface area contributed by atoms with E-state index >= 15 is 0 Å². The van der Waals surface area contributed by atoms with Gasteiger partial charge in [-0.05, 0) is 0 Å². The second kappa shape index (κ2) is 9.04. The summed E-state index contributed by atoms with van der Waals surface area (Å²) in [7, 11) is 0. The van der Waals surface area contributed by atoms with Crippen molar-refractivity contribution in [2.75, 3.05) is 0 Å². The fraction of sp³-hybridized carbons (Fsp3) is 0. The summed E-state index contributed by atoms with van der Waals surface area (Å²) in [5.74, 6) is 0. The molecule has 6 heavy (non-hydrogen) atoms. The second-order valence-corrected chi connectivity index (χ2v) is 0.283. The smallest absolute Gasteiger partial charge is 2.00 e. The van der Waals surface area contributed by atoms with Gasteiger partial charge in [-0.15, -0.1) is 0 Å². The van der Waals surface area contributed by atoms with E-state index in [9.17, 15) is 0 Å². The van der Waals surface area contributed by atoms with Crippen LogP contribution < -0.4 is 0 Å². The Kier molecular flexibility index (Phi) is 24.3. The van der Waals surface area contributed by atoms with E-state index in [0.29, 0.717) is 0 Å². The zero-order valence-corrected chi connectivity index (χ0v) is 5.15. The maximum Gasteiger partial charge on any atom is 2.00 e. The summed E-state index contributed by atoms with van der Waals surface area (Å²) < 4.78 is 0. The molecular formula is CH2MgO3S. The molecule has 0 aliphatic rings. The maximum absolute atomic E-state index is 8.56. The van der Waals surface area contributed by atoms with Gasteiger partial charge in [-0.3, -0.25) is 0 Å². The van der Waals surface area contributed by atoms with Crippen molar-refractivity contribution in [3.63, 3.8) is 0 Å². The summed E-state index contributed by atoms with van der Waals surface area (Å²) in [5, 5.41) is 13.9. The molecule has 3 nitrogen and oxygen atoms in total. The number of rotatable bonds is 0. The van der Waals surface area contributed by atoms with E-state index in [1.165, 1.54) is 0 Å². The Morgan fingerprint density at radius 3 is 1.33 bits per heavy atom. The number of hydrogen-bond donors (Lipinski definition) is 2. The fourth-order valence-electron chi connectivity index (χ4n) is 0. The third-order valence-electron chi connectivity index (χ3n) is 0. The molecule has 0 radical (unpaired) electrons. The monoisotopic (exact) mass is 118 g/mol. The van der Waals surface area contributed by atoms with Gasteiger partial charge in [0.05, 0.1) is 0 Å². The van der Waals surface area contributed by atoms with Crippen LogP contribution in [0.25, 0.3) is 0 Å². The molecule has 0 rings (SSSR count). The average molecular weight is 118 g/mol. The molecule has 0 saturated heterocycles. The van der Waals surface area contributed by atoms with Crippen LogP contribution in [0.2, 0.25) is 0 Å². The maximum atomic E-state index is 8.56. The van der Waals surface area contributed by atoms with Gasteiger partial charge in [0.2, 0.25) is 0 Å². The van der Waals surface area contributed by atoms with Gasteiger partial charge in [0.1, 0.15) is 0 Å². The van der Waals surface area contributed by atoms with Crippen molar-refractivity contribution in [3.8, 4) is 0 Å². The normalized spacial score (nSPS) is 4.00. The summed E-state index contributed by atoms with van der Waals surface area (Å²) in [6.45, 7) is 0. The third kappa shape index (κ3) is 337. The van der Waals surface area contributed by atoms with E-state index in [4.69, 9.17) is 15.0 Å². The van der Waals surface area contributed by atoms with E-state index in [1.807, 2.05) is 0 Å². The Morgan fingerprint density at radius 2 is 1.33 bits per heavy atom. The van der Waals surface area contributed by atoms with E-state index in [2.05, 4.69) is 0 Å². The topological polar surface area (TPSA) is 57.5 Å². The Hall–Kier alpha value is 0.386. The molecule has 5 heteroatoms. The predicted molar refractivity (Wildman–Crippen MR) is 23.8 cm³/mol. The molecule has 0 saturated carbocycles. The molecule has 0 unspecified atom stereocenters. The predicted octanol–water partition coefficient (Wildman–Crippen LogP) is -0.161. The first-order valence-electron chi connectivity index (χ1n) is 0.651. The molecule has 0 aromatic rings. The molecule has 0 aromatic carbocycles. The Labute approximate surface area is 58.0 Å². The zero-order valence-electron chi connectivity index (χ0n) is 2.92. The van der Waals surface area contributed by atoms with Crippen LogP contribution in [0.15, 0.2) is 0 Å². The Morgan fingerprint density at radius 1 is 1.33 bits per heavy atom. The molecule has 0 spiro atoms.